The molecule has 3 aromatic carbocycles. The number of carbonyl (C=O) groups excluding carboxylic acids is 1. The van der Waals surface area contributed by atoms with Crippen LogP contribution in [-0.2, 0) is 4.79 Å². The van der Waals surface area contributed by atoms with Crippen LogP contribution in [0.25, 0.3) is 10.8 Å². The molecular weight excluding hydrogens is 334 g/mol. The van der Waals surface area contributed by atoms with Gasteiger partial charge < -0.3 is 10.4 Å². The van der Waals surface area contributed by atoms with E-state index < -0.39 is 0 Å². The summed E-state index contributed by atoms with van der Waals surface area (Å²) in [6, 6.07) is 21.2. The molecule has 138 valence electrons. The number of hydrogen-bond donors (Lipinski definition) is 2. The van der Waals surface area contributed by atoms with Gasteiger partial charge in [0.25, 0.3) is 0 Å². The van der Waals surface area contributed by atoms with Crippen LogP contribution in [0.5, 0.6) is 5.75 Å². The van der Waals surface area contributed by atoms with Gasteiger partial charge in [-0.05, 0) is 35.2 Å². The van der Waals surface area contributed by atoms with Gasteiger partial charge in [-0.3, -0.25) is 4.79 Å². The zero-order valence-corrected chi connectivity index (χ0v) is 15.4. The Balaban J connectivity index is 1.77. The zero-order chi connectivity index (χ0) is 18.6. The van der Waals surface area contributed by atoms with Gasteiger partial charge in [-0.1, -0.05) is 79.9 Å². The van der Waals surface area contributed by atoms with Crippen molar-refractivity contribution in [2.45, 2.75) is 38.1 Å². The second-order valence-corrected chi connectivity index (χ2v) is 7.41. The minimum atomic E-state index is -0.369. The number of fused-ring (bicyclic) bond motifs is 1. The van der Waals surface area contributed by atoms with E-state index in [1.54, 1.807) is 6.07 Å². The Morgan fingerprint density at radius 2 is 1.59 bits per heavy atom. The molecule has 0 saturated heterocycles. The summed E-state index contributed by atoms with van der Waals surface area (Å²) in [5.41, 5.74) is 1.75. The molecule has 0 aliphatic heterocycles. The first-order valence-corrected chi connectivity index (χ1v) is 9.80. The molecule has 1 saturated carbocycles. The van der Waals surface area contributed by atoms with Gasteiger partial charge in [-0.25, -0.2) is 0 Å². The van der Waals surface area contributed by atoms with Crippen LogP contribution < -0.4 is 5.32 Å². The lowest BCUT2D eigenvalue weighted by atomic mass is 9.87. The van der Waals surface area contributed by atoms with Gasteiger partial charge in [0, 0.05) is 11.5 Å². The topological polar surface area (TPSA) is 49.3 Å². The Bertz CT molecular complexity index is 930. The first kappa shape index (κ1) is 17.6. The lowest BCUT2D eigenvalue weighted by Crippen LogP contribution is -2.35. The maximum Gasteiger partial charge on any atom is 0.223 e. The molecule has 4 rings (SSSR count). The smallest absolute Gasteiger partial charge is 0.223 e. The number of hydrogen-bond acceptors (Lipinski definition) is 2. The van der Waals surface area contributed by atoms with Crippen LogP contribution in [0.1, 0.15) is 49.3 Å². The first-order chi connectivity index (χ1) is 13.2. The van der Waals surface area contributed by atoms with Gasteiger partial charge in [0.15, 0.2) is 0 Å². The lowest BCUT2D eigenvalue weighted by Gasteiger charge is -2.27. The fourth-order valence-corrected chi connectivity index (χ4v) is 4.18. The predicted molar refractivity (Wildman–Crippen MR) is 109 cm³/mol. The molecule has 1 atom stereocenters. The summed E-state index contributed by atoms with van der Waals surface area (Å²) in [7, 11) is 0. The average molecular weight is 359 g/mol. The summed E-state index contributed by atoms with van der Waals surface area (Å²) in [4.78, 5) is 13.0. The second-order valence-electron chi connectivity index (χ2n) is 7.41. The minimum Gasteiger partial charge on any atom is -0.508 e. The van der Waals surface area contributed by atoms with E-state index in [0.717, 1.165) is 47.6 Å². The Morgan fingerprint density at radius 1 is 0.889 bits per heavy atom. The first-order valence-electron chi connectivity index (χ1n) is 9.80. The van der Waals surface area contributed by atoms with E-state index in [9.17, 15) is 9.90 Å². The van der Waals surface area contributed by atoms with Gasteiger partial charge in [0.2, 0.25) is 5.91 Å². The quantitative estimate of drug-likeness (QED) is 0.661. The standard InChI is InChI=1S/C24H25NO2/c26-21-16-15-17-9-7-8-14-20(17)22(21)23(18-10-3-1-4-11-18)25-24(27)19-12-5-2-6-13-19/h1,3-4,7-11,14-16,19,23,26H,2,5-6,12-13H2,(H,25,27). The molecule has 1 aliphatic rings. The largest absolute Gasteiger partial charge is 0.508 e. The van der Waals surface area contributed by atoms with Crippen molar-refractivity contribution in [3.63, 3.8) is 0 Å². The number of rotatable bonds is 4. The van der Waals surface area contributed by atoms with Gasteiger partial charge in [-0.15, -0.1) is 0 Å². The average Bonchev–Trinajstić information content (AvgIpc) is 2.73. The van der Waals surface area contributed by atoms with Crippen LogP contribution >= 0.6 is 0 Å². The van der Waals surface area contributed by atoms with E-state index in [0.29, 0.717) is 0 Å². The third-order valence-electron chi connectivity index (χ3n) is 5.63. The van der Waals surface area contributed by atoms with Crippen molar-refractivity contribution in [2.24, 2.45) is 5.92 Å². The summed E-state index contributed by atoms with van der Waals surface area (Å²) >= 11 is 0. The van der Waals surface area contributed by atoms with Crippen molar-refractivity contribution >= 4 is 16.7 Å². The van der Waals surface area contributed by atoms with Crippen molar-refractivity contribution in [1.29, 1.82) is 0 Å². The maximum atomic E-state index is 13.0. The van der Waals surface area contributed by atoms with E-state index in [-0.39, 0.29) is 23.6 Å². The minimum absolute atomic E-state index is 0.0714. The summed E-state index contributed by atoms with van der Waals surface area (Å²) in [6.07, 6.45) is 5.36. The van der Waals surface area contributed by atoms with Gasteiger partial charge in [0.05, 0.1) is 6.04 Å². The Labute approximate surface area is 160 Å². The molecule has 0 radical (unpaired) electrons. The normalized spacial score (nSPS) is 16.1. The second kappa shape index (κ2) is 7.83. The number of phenols is 1. The summed E-state index contributed by atoms with van der Waals surface area (Å²) in [5, 5.41) is 16.0. The third kappa shape index (κ3) is 3.68. The maximum absolute atomic E-state index is 13.0. The van der Waals surface area contributed by atoms with E-state index in [4.69, 9.17) is 0 Å². The van der Waals surface area contributed by atoms with Crippen molar-refractivity contribution in [3.05, 3.63) is 77.9 Å². The van der Waals surface area contributed by atoms with Crippen LogP contribution in [0.2, 0.25) is 0 Å². The fourth-order valence-electron chi connectivity index (χ4n) is 4.18. The van der Waals surface area contributed by atoms with Crippen LogP contribution in [-0.4, -0.2) is 11.0 Å². The summed E-state index contributed by atoms with van der Waals surface area (Å²) < 4.78 is 0. The molecule has 0 bridgehead atoms. The monoisotopic (exact) mass is 359 g/mol. The molecule has 27 heavy (non-hydrogen) atoms. The molecule has 3 aromatic rings. The van der Waals surface area contributed by atoms with Crippen LogP contribution in [0.3, 0.4) is 0 Å². The summed E-state index contributed by atoms with van der Waals surface area (Å²) in [5.74, 6) is 0.379. The lowest BCUT2D eigenvalue weighted by molar-refractivity contribution is -0.126. The van der Waals surface area contributed by atoms with Crippen LogP contribution in [0.15, 0.2) is 66.7 Å². The van der Waals surface area contributed by atoms with E-state index >= 15 is 0 Å². The number of phenolic OH excluding ortho intramolecular Hbond substituents is 1. The van der Waals surface area contributed by atoms with Gasteiger partial charge in [0.1, 0.15) is 5.75 Å². The Hall–Kier alpha value is -2.81. The highest BCUT2D eigenvalue weighted by Crippen LogP contribution is 2.36. The molecular formula is C24H25NO2. The molecule has 0 heterocycles. The molecule has 1 fully saturated rings. The number of carbonyl (C=O) groups is 1. The van der Waals surface area contributed by atoms with E-state index in [2.05, 4.69) is 5.32 Å². The fraction of sp³-hybridized carbons (Fsp3) is 0.292. The van der Waals surface area contributed by atoms with Crippen molar-refractivity contribution < 1.29 is 9.90 Å². The number of aromatic hydroxyl groups is 1. The molecule has 0 spiro atoms. The van der Waals surface area contributed by atoms with Crippen molar-refractivity contribution in [2.75, 3.05) is 0 Å². The predicted octanol–water partition coefficient (Wildman–Crippen LogP) is 5.33. The van der Waals surface area contributed by atoms with E-state index in [1.165, 1.54) is 6.42 Å². The molecule has 1 aliphatic carbocycles. The molecule has 2 N–H and O–H groups in total. The highest BCUT2D eigenvalue weighted by molar-refractivity contribution is 5.89. The van der Waals surface area contributed by atoms with Crippen molar-refractivity contribution in [3.8, 4) is 5.75 Å². The molecule has 0 aromatic heterocycles. The van der Waals surface area contributed by atoms with Crippen LogP contribution in [0, 0.1) is 5.92 Å². The molecule has 3 heteroatoms. The molecule has 3 nitrogen and oxygen atoms in total. The highest BCUT2D eigenvalue weighted by Gasteiger charge is 2.27. The van der Waals surface area contributed by atoms with E-state index in [1.807, 2.05) is 60.7 Å². The number of amides is 1. The Morgan fingerprint density at radius 3 is 2.37 bits per heavy atom. The van der Waals surface area contributed by atoms with Gasteiger partial charge in [-0.2, -0.15) is 0 Å². The molecule has 1 unspecified atom stereocenters. The van der Waals surface area contributed by atoms with Crippen LogP contribution in [0.4, 0.5) is 0 Å². The number of nitrogens with one attached hydrogen (secondary N) is 1. The Kier molecular flexibility index (Phi) is 5.10. The molecule has 1 amide bonds. The van der Waals surface area contributed by atoms with Gasteiger partial charge >= 0.3 is 0 Å². The zero-order valence-electron chi connectivity index (χ0n) is 15.4. The van der Waals surface area contributed by atoms with Crippen molar-refractivity contribution in [1.82, 2.24) is 5.32 Å². The number of benzene rings is 3. The SMILES string of the molecule is O=C(NC(c1ccccc1)c1c(O)ccc2ccccc12)C1CCCCC1. The summed E-state index contributed by atoms with van der Waals surface area (Å²) in [6.45, 7) is 0. The third-order valence-corrected chi connectivity index (χ3v) is 5.63. The highest BCUT2D eigenvalue weighted by atomic mass is 16.3.